The first-order chi connectivity index (χ1) is 7.22. The van der Waals surface area contributed by atoms with Crippen LogP contribution in [0.25, 0.3) is 0 Å². The molecule has 16 heavy (non-hydrogen) atoms. The fraction of sp³-hybridized carbons (Fsp3) is 1.00. The van der Waals surface area contributed by atoms with Gasteiger partial charge in [-0.1, -0.05) is 0 Å². The molecule has 0 bridgehead atoms. The second-order valence-corrected chi connectivity index (χ2v) is 4.50. The molecule has 1 fully saturated rings. The first-order valence-corrected chi connectivity index (χ1v) is 5.78. The third-order valence-corrected chi connectivity index (χ3v) is 2.56. The highest BCUT2D eigenvalue weighted by Gasteiger charge is 2.43. The summed E-state index contributed by atoms with van der Waals surface area (Å²) in [5, 5.41) is 36.7. The predicted molar refractivity (Wildman–Crippen MR) is 44.7 cm³/mol. The maximum Gasteiger partial charge on any atom is 0.265 e. The zero-order chi connectivity index (χ0) is 12.5. The molecule has 1 saturated heterocycles. The third-order valence-electron chi connectivity index (χ3n) is 2.09. The van der Waals surface area contributed by atoms with E-state index in [-0.39, 0.29) is 0 Å². The van der Waals surface area contributed by atoms with E-state index >= 15 is 0 Å². The fourth-order valence-corrected chi connectivity index (χ4v) is 1.57. The van der Waals surface area contributed by atoms with E-state index in [2.05, 4.69) is 9.26 Å². The van der Waals surface area contributed by atoms with Crippen LogP contribution in [0.2, 0.25) is 0 Å². The zero-order valence-corrected chi connectivity index (χ0v) is 8.80. The summed E-state index contributed by atoms with van der Waals surface area (Å²) in [5.74, 6) is 0. The summed E-state index contributed by atoms with van der Waals surface area (Å²) < 4.78 is 18.8. The topological polar surface area (TPSA) is 160 Å². The first-order valence-electron chi connectivity index (χ1n) is 4.28. The number of phosphoric ester groups is 1. The normalized spacial score (nSPS) is 44.0. The van der Waals surface area contributed by atoms with Crippen molar-refractivity contribution in [1.29, 1.82) is 0 Å². The molecule has 9 nitrogen and oxygen atoms in total. The highest BCUT2D eigenvalue weighted by Crippen LogP contribution is 2.32. The minimum absolute atomic E-state index is 0.792. The molecule has 1 aliphatic heterocycles. The van der Waals surface area contributed by atoms with Gasteiger partial charge in [-0.2, -0.15) is 0 Å². The Hall–Kier alpha value is -0.0900. The Morgan fingerprint density at radius 1 is 1.19 bits per heavy atom. The van der Waals surface area contributed by atoms with Gasteiger partial charge in [0.25, 0.3) is 7.82 Å². The number of ether oxygens (including phenoxy) is 1. The lowest BCUT2D eigenvalue weighted by Crippen LogP contribution is -2.58. The SMILES string of the molecule is O=P([O-])(O)OCC1OC(O)C(O)[C@H](O)[C@@H]1O. The Balaban J connectivity index is 2.57. The van der Waals surface area contributed by atoms with E-state index in [0.717, 1.165) is 0 Å². The minimum atomic E-state index is -4.98. The molecular formula is C6H12O9P-. The highest BCUT2D eigenvalue weighted by molar-refractivity contribution is 7.44. The molecule has 0 spiro atoms. The molecule has 0 radical (unpaired) electrons. The van der Waals surface area contributed by atoms with E-state index in [9.17, 15) is 19.7 Å². The summed E-state index contributed by atoms with van der Waals surface area (Å²) in [6, 6.07) is 0. The van der Waals surface area contributed by atoms with Crippen molar-refractivity contribution in [2.45, 2.75) is 30.7 Å². The second kappa shape index (κ2) is 5.05. The van der Waals surface area contributed by atoms with Gasteiger partial charge in [0.05, 0.1) is 6.61 Å². The zero-order valence-electron chi connectivity index (χ0n) is 7.91. The Bertz CT molecular complexity index is 277. The van der Waals surface area contributed by atoms with Crippen LogP contribution in [0.3, 0.4) is 0 Å². The highest BCUT2D eigenvalue weighted by atomic mass is 31.2. The van der Waals surface area contributed by atoms with Gasteiger partial charge in [-0.15, -0.1) is 0 Å². The quantitative estimate of drug-likeness (QED) is 0.321. The van der Waals surface area contributed by atoms with Crippen LogP contribution in [0.15, 0.2) is 0 Å². The molecule has 0 saturated carbocycles. The molecule has 1 heterocycles. The van der Waals surface area contributed by atoms with E-state index in [1.54, 1.807) is 0 Å². The monoisotopic (exact) mass is 259 g/mol. The molecule has 1 rings (SSSR count). The summed E-state index contributed by atoms with van der Waals surface area (Å²) in [6.45, 7) is -0.792. The average Bonchev–Trinajstić information content (AvgIpc) is 2.17. The Morgan fingerprint density at radius 2 is 1.75 bits per heavy atom. The van der Waals surface area contributed by atoms with Gasteiger partial charge < -0.3 is 39.5 Å². The van der Waals surface area contributed by atoms with Crippen LogP contribution in [0.5, 0.6) is 0 Å². The van der Waals surface area contributed by atoms with Crippen LogP contribution in [0.4, 0.5) is 0 Å². The molecule has 0 aromatic carbocycles. The van der Waals surface area contributed by atoms with Gasteiger partial charge in [0.2, 0.25) is 0 Å². The Morgan fingerprint density at radius 3 is 2.25 bits per heavy atom. The molecule has 0 amide bonds. The lowest BCUT2D eigenvalue weighted by Gasteiger charge is -2.38. The summed E-state index contributed by atoms with van der Waals surface area (Å²) in [5.41, 5.74) is 0. The maximum atomic E-state index is 10.3. The molecular weight excluding hydrogens is 247 g/mol. The number of aliphatic hydroxyl groups is 4. The van der Waals surface area contributed by atoms with Crippen molar-refractivity contribution in [3.05, 3.63) is 0 Å². The van der Waals surface area contributed by atoms with Crippen molar-refractivity contribution >= 4 is 7.82 Å². The van der Waals surface area contributed by atoms with Crippen molar-refractivity contribution in [3.8, 4) is 0 Å². The van der Waals surface area contributed by atoms with Crippen molar-refractivity contribution in [3.63, 3.8) is 0 Å². The molecule has 0 aliphatic carbocycles. The summed E-state index contributed by atoms with van der Waals surface area (Å²) >= 11 is 0. The Kier molecular flexibility index (Phi) is 4.41. The van der Waals surface area contributed by atoms with Gasteiger partial charge >= 0.3 is 0 Å². The lowest BCUT2D eigenvalue weighted by atomic mass is 10.00. The lowest BCUT2D eigenvalue weighted by molar-refractivity contribution is -0.289. The van der Waals surface area contributed by atoms with Crippen molar-refractivity contribution in [1.82, 2.24) is 0 Å². The summed E-state index contributed by atoms with van der Waals surface area (Å²) in [4.78, 5) is 18.5. The van der Waals surface area contributed by atoms with Crippen LogP contribution < -0.4 is 4.89 Å². The number of hydrogen-bond acceptors (Lipinski definition) is 8. The average molecular weight is 259 g/mol. The summed E-state index contributed by atoms with van der Waals surface area (Å²) in [7, 11) is -4.98. The van der Waals surface area contributed by atoms with Gasteiger partial charge in [-0.05, 0) is 0 Å². The summed E-state index contributed by atoms with van der Waals surface area (Å²) in [6.07, 6.45) is -8.23. The first kappa shape index (κ1) is 14.0. The number of rotatable bonds is 3. The van der Waals surface area contributed by atoms with Crippen molar-refractivity contribution in [2.24, 2.45) is 0 Å². The van der Waals surface area contributed by atoms with Gasteiger partial charge in [-0.25, -0.2) is 0 Å². The van der Waals surface area contributed by atoms with Gasteiger partial charge in [0.15, 0.2) is 6.29 Å². The standard InChI is InChI=1S/C6H13O9P/c7-3-2(1-14-16(11,12)13)15-6(10)5(9)4(3)8/h2-10H,1H2,(H2,11,12,13)/p-1/t2?,3-,4-,5?,6?/m1/s1. The smallest absolute Gasteiger partial charge is 0.265 e. The largest absolute Gasteiger partial charge is 0.756 e. The second-order valence-electron chi connectivity index (χ2n) is 3.30. The van der Waals surface area contributed by atoms with Gasteiger partial charge in [0.1, 0.15) is 24.4 Å². The van der Waals surface area contributed by atoms with E-state index in [4.69, 9.17) is 15.1 Å². The van der Waals surface area contributed by atoms with Gasteiger partial charge in [0, 0.05) is 0 Å². The van der Waals surface area contributed by atoms with Crippen LogP contribution in [0.1, 0.15) is 0 Å². The molecule has 5 N–H and O–H groups in total. The van der Waals surface area contributed by atoms with E-state index < -0.39 is 45.1 Å². The molecule has 6 atom stereocenters. The van der Waals surface area contributed by atoms with Gasteiger partial charge in [-0.3, -0.25) is 4.57 Å². The number of aliphatic hydroxyl groups excluding tert-OH is 4. The third kappa shape index (κ3) is 3.45. The van der Waals surface area contributed by atoms with E-state index in [0.29, 0.717) is 0 Å². The molecule has 4 unspecified atom stereocenters. The molecule has 0 aromatic rings. The maximum absolute atomic E-state index is 10.3. The number of phosphoric acid groups is 1. The van der Waals surface area contributed by atoms with Crippen LogP contribution in [-0.2, 0) is 13.8 Å². The van der Waals surface area contributed by atoms with Crippen LogP contribution in [-0.4, -0.2) is 62.6 Å². The van der Waals surface area contributed by atoms with Crippen molar-refractivity contribution in [2.75, 3.05) is 6.61 Å². The van der Waals surface area contributed by atoms with E-state index in [1.165, 1.54) is 0 Å². The van der Waals surface area contributed by atoms with Crippen LogP contribution >= 0.6 is 7.82 Å². The molecule has 0 aromatic heterocycles. The minimum Gasteiger partial charge on any atom is -0.756 e. The fourth-order valence-electron chi connectivity index (χ4n) is 1.24. The number of hydrogen-bond donors (Lipinski definition) is 5. The van der Waals surface area contributed by atoms with E-state index in [1.807, 2.05) is 0 Å². The van der Waals surface area contributed by atoms with Crippen molar-refractivity contribution < 1.29 is 44.0 Å². The predicted octanol–water partition coefficient (Wildman–Crippen LogP) is -3.74. The molecule has 10 heteroatoms. The Labute approximate surface area is 90.1 Å². The van der Waals surface area contributed by atoms with Crippen LogP contribution in [0, 0.1) is 0 Å². The molecule has 96 valence electrons. The molecule has 1 aliphatic rings.